The molecule has 4 aromatic heterocycles. The molecule has 0 atom stereocenters. The highest BCUT2D eigenvalue weighted by Crippen LogP contribution is 2.42. The van der Waals surface area contributed by atoms with Crippen LogP contribution >= 0.6 is 0 Å². The number of carbonyl (C=O) groups is 2. The lowest BCUT2D eigenvalue weighted by molar-refractivity contribution is -0.117. The lowest BCUT2D eigenvalue weighted by Crippen LogP contribution is -2.47. The van der Waals surface area contributed by atoms with Gasteiger partial charge in [0.2, 0.25) is 5.91 Å². The molecule has 0 radical (unpaired) electrons. The van der Waals surface area contributed by atoms with Gasteiger partial charge in [0.1, 0.15) is 17.0 Å². The first-order valence-corrected chi connectivity index (χ1v) is 17.2. The summed E-state index contributed by atoms with van der Waals surface area (Å²) in [6.07, 6.45) is 9.95. The van der Waals surface area contributed by atoms with Gasteiger partial charge in [0.25, 0.3) is 5.91 Å². The van der Waals surface area contributed by atoms with Gasteiger partial charge in [0.05, 0.1) is 25.0 Å². The van der Waals surface area contributed by atoms with Crippen LogP contribution in [0.4, 0.5) is 11.6 Å². The highest BCUT2D eigenvalue weighted by atomic mass is 16.5. The number of benzene rings is 1. The molecule has 256 valence electrons. The number of hydrogen-bond acceptors (Lipinski definition) is 10. The average Bonchev–Trinajstić information content (AvgIpc) is 4.07. The standard InChI is InChI=1S/C37H40N10O3/c1-38-35-33-29(14-32(43-44-33)42-36(48)23-12-13-23)30(16-39-35)28-8-5-7-27(34(28)50-3)24-15-40-47(18-24)26-20-46(21-26)19-25-6-4-9-31(41-25)37(49)45(2)17-22-10-11-22/h4-9,14-16,18,22-23,26H,10-13,17,19-21H2,1-3H3,(H,38,39)(H,42,43,48). The van der Waals surface area contributed by atoms with Crippen LogP contribution in [0.3, 0.4) is 0 Å². The lowest BCUT2D eigenvalue weighted by atomic mass is 9.97. The number of nitrogens with zero attached hydrogens (tertiary/aromatic N) is 8. The van der Waals surface area contributed by atoms with E-state index in [1.54, 1.807) is 31.3 Å². The molecule has 13 nitrogen and oxygen atoms in total. The van der Waals surface area contributed by atoms with E-state index in [0.717, 1.165) is 65.8 Å². The minimum atomic E-state index is -0.0287. The van der Waals surface area contributed by atoms with Gasteiger partial charge in [0, 0.05) is 86.2 Å². The Morgan fingerprint density at radius 2 is 1.80 bits per heavy atom. The van der Waals surface area contributed by atoms with Crippen LogP contribution in [-0.4, -0.2) is 92.4 Å². The van der Waals surface area contributed by atoms with Crippen molar-refractivity contribution in [2.75, 3.05) is 51.5 Å². The number of para-hydroxylation sites is 1. The second kappa shape index (κ2) is 13.1. The molecule has 0 spiro atoms. The van der Waals surface area contributed by atoms with Gasteiger partial charge in [-0.1, -0.05) is 24.3 Å². The Morgan fingerprint density at radius 1 is 1.00 bits per heavy atom. The summed E-state index contributed by atoms with van der Waals surface area (Å²) in [5.41, 5.74) is 5.49. The molecule has 1 aromatic carbocycles. The summed E-state index contributed by atoms with van der Waals surface area (Å²) >= 11 is 0. The number of fused-ring (bicyclic) bond motifs is 1. The van der Waals surface area contributed by atoms with Gasteiger partial charge in [-0.25, -0.2) is 9.97 Å². The Hall–Kier alpha value is -5.43. The number of rotatable bonds is 12. The van der Waals surface area contributed by atoms with Crippen molar-refractivity contribution < 1.29 is 14.3 Å². The number of hydrogen-bond donors (Lipinski definition) is 2. The summed E-state index contributed by atoms with van der Waals surface area (Å²) in [7, 11) is 5.32. The fourth-order valence-corrected chi connectivity index (χ4v) is 6.66. The molecule has 0 unspecified atom stereocenters. The van der Waals surface area contributed by atoms with E-state index in [-0.39, 0.29) is 23.8 Å². The minimum Gasteiger partial charge on any atom is -0.495 e. The third-order valence-corrected chi connectivity index (χ3v) is 9.79. The summed E-state index contributed by atoms with van der Waals surface area (Å²) in [6, 6.07) is 13.8. The Kier molecular flexibility index (Phi) is 8.35. The van der Waals surface area contributed by atoms with E-state index in [1.807, 2.05) is 54.3 Å². The second-order valence-corrected chi connectivity index (χ2v) is 13.6. The summed E-state index contributed by atoms with van der Waals surface area (Å²) in [5, 5.41) is 20.3. The van der Waals surface area contributed by atoms with Crippen molar-refractivity contribution in [3.8, 4) is 28.0 Å². The molecule has 2 aliphatic carbocycles. The Morgan fingerprint density at radius 3 is 2.56 bits per heavy atom. The van der Waals surface area contributed by atoms with Gasteiger partial charge in [0.15, 0.2) is 11.6 Å². The normalized spacial score (nSPS) is 16.2. The predicted molar refractivity (Wildman–Crippen MR) is 190 cm³/mol. The zero-order valence-corrected chi connectivity index (χ0v) is 28.5. The average molecular weight is 673 g/mol. The molecule has 1 saturated heterocycles. The van der Waals surface area contributed by atoms with Crippen LogP contribution in [0, 0.1) is 11.8 Å². The van der Waals surface area contributed by atoms with Gasteiger partial charge < -0.3 is 20.3 Å². The molecule has 2 saturated carbocycles. The van der Waals surface area contributed by atoms with Crippen molar-refractivity contribution in [2.45, 2.75) is 38.3 Å². The fraction of sp³-hybridized carbons (Fsp3) is 0.378. The Bertz CT molecular complexity index is 2080. The molecule has 2 N–H and O–H groups in total. The van der Waals surface area contributed by atoms with E-state index in [4.69, 9.17) is 9.84 Å². The van der Waals surface area contributed by atoms with Crippen LogP contribution < -0.4 is 15.4 Å². The number of pyridine rings is 2. The first-order valence-electron chi connectivity index (χ1n) is 17.2. The smallest absolute Gasteiger partial charge is 0.272 e. The van der Waals surface area contributed by atoms with Crippen LogP contribution in [0.2, 0.25) is 0 Å². The first-order chi connectivity index (χ1) is 24.4. The third kappa shape index (κ3) is 6.36. The Labute approximate surface area is 290 Å². The zero-order chi connectivity index (χ0) is 34.4. The van der Waals surface area contributed by atoms with Gasteiger partial charge >= 0.3 is 0 Å². The summed E-state index contributed by atoms with van der Waals surface area (Å²) in [6.45, 7) is 3.14. The second-order valence-electron chi connectivity index (χ2n) is 13.6. The molecule has 0 bridgehead atoms. The number of likely N-dealkylation sites (tertiary alicyclic amines) is 1. The molecule has 50 heavy (non-hydrogen) atoms. The molecule has 3 fully saturated rings. The maximum atomic E-state index is 12.9. The number of nitrogens with one attached hydrogen (secondary N) is 2. The highest BCUT2D eigenvalue weighted by Gasteiger charge is 2.31. The van der Waals surface area contributed by atoms with Gasteiger partial charge in [-0.05, 0) is 49.8 Å². The van der Waals surface area contributed by atoms with Crippen molar-refractivity contribution in [1.29, 1.82) is 0 Å². The van der Waals surface area contributed by atoms with Crippen molar-refractivity contribution in [3.05, 3.63) is 72.4 Å². The number of anilines is 2. The summed E-state index contributed by atoms with van der Waals surface area (Å²) in [4.78, 5) is 38.8. The first kappa shape index (κ1) is 31.8. The lowest BCUT2D eigenvalue weighted by Gasteiger charge is -2.39. The van der Waals surface area contributed by atoms with Crippen LogP contribution in [0.5, 0.6) is 5.75 Å². The third-order valence-electron chi connectivity index (χ3n) is 9.79. The maximum Gasteiger partial charge on any atom is 0.272 e. The highest BCUT2D eigenvalue weighted by molar-refractivity contribution is 6.03. The van der Waals surface area contributed by atoms with E-state index in [9.17, 15) is 9.59 Å². The summed E-state index contributed by atoms with van der Waals surface area (Å²) in [5.74, 6) is 2.33. The van der Waals surface area contributed by atoms with Gasteiger partial charge in [-0.2, -0.15) is 5.10 Å². The van der Waals surface area contributed by atoms with E-state index in [2.05, 4.69) is 41.9 Å². The number of amides is 2. The SMILES string of the molecule is CNc1ncc(-c2cccc(-c3cnn(C4CN(Cc5cccc(C(=O)N(C)CC6CC6)n5)C4)c3)c2OC)c2cc(NC(=O)C3CC3)nnc12. The number of carbonyl (C=O) groups excluding carboxylic acids is 2. The monoisotopic (exact) mass is 672 g/mol. The molecular formula is C37H40N10O3. The van der Waals surface area contributed by atoms with Crippen molar-refractivity contribution in [2.24, 2.45) is 11.8 Å². The maximum absolute atomic E-state index is 12.9. The van der Waals surface area contributed by atoms with Crippen LogP contribution in [0.1, 0.15) is 47.9 Å². The van der Waals surface area contributed by atoms with Crippen molar-refractivity contribution in [1.82, 2.24) is 39.7 Å². The van der Waals surface area contributed by atoms with Gasteiger partial charge in [-0.15, -0.1) is 10.2 Å². The van der Waals surface area contributed by atoms with Crippen molar-refractivity contribution in [3.63, 3.8) is 0 Å². The van der Waals surface area contributed by atoms with Gasteiger partial charge in [-0.3, -0.25) is 19.2 Å². The molecule has 2 amide bonds. The number of ether oxygens (including phenoxy) is 1. The number of aromatic nitrogens is 6. The van der Waals surface area contributed by atoms with Crippen LogP contribution in [-0.2, 0) is 11.3 Å². The van der Waals surface area contributed by atoms with E-state index in [1.165, 1.54) is 12.8 Å². The predicted octanol–water partition coefficient (Wildman–Crippen LogP) is 4.89. The molecule has 1 aliphatic heterocycles. The minimum absolute atomic E-state index is 0.0148. The molecule has 5 heterocycles. The summed E-state index contributed by atoms with van der Waals surface area (Å²) < 4.78 is 8.07. The molecular weight excluding hydrogens is 632 g/mol. The molecule has 3 aliphatic rings. The Balaban J connectivity index is 0.995. The van der Waals surface area contributed by atoms with Crippen LogP contribution in [0.25, 0.3) is 33.2 Å². The molecule has 13 heteroatoms. The largest absolute Gasteiger partial charge is 0.495 e. The zero-order valence-electron chi connectivity index (χ0n) is 28.5. The topological polar surface area (TPSA) is 143 Å². The van der Waals surface area contributed by atoms with Crippen molar-refractivity contribution >= 4 is 34.4 Å². The van der Waals surface area contributed by atoms with E-state index in [0.29, 0.717) is 41.1 Å². The molecule has 8 rings (SSSR count). The quantitative estimate of drug-likeness (QED) is 0.188. The fourth-order valence-electron chi connectivity index (χ4n) is 6.66. The molecule has 5 aromatic rings. The van der Waals surface area contributed by atoms with Crippen LogP contribution in [0.15, 0.2) is 61.1 Å². The number of methoxy groups -OCH3 is 1. The van der Waals surface area contributed by atoms with E-state index >= 15 is 0 Å². The van der Waals surface area contributed by atoms with E-state index < -0.39 is 0 Å².